The Morgan fingerprint density at radius 3 is 2.43 bits per heavy atom. The molecule has 1 fully saturated rings. The van der Waals surface area contributed by atoms with Crippen molar-refractivity contribution in [1.29, 1.82) is 0 Å². The Morgan fingerprint density at radius 1 is 1.04 bits per heavy atom. The molecule has 118 valence electrons. The second-order valence-electron chi connectivity index (χ2n) is 6.91. The van der Waals surface area contributed by atoms with E-state index in [1.165, 1.54) is 0 Å². The molecule has 4 nitrogen and oxygen atoms in total. The fourth-order valence-corrected chi connectivity index (χ4v) is 3.10. The first-order chi connectivity index (χ1) is 10.8. The van der Waals surface area contributed by atoms with Gasteiger partial charge in [0.2, 0.25) is 0 Å². The second-order valence-corrected chi connectivity index (χ2v) is 7.32. The maximum absolute atomic E-state index is 6.21. The number of halogens is 1. The molecule has 0 saturated carbocycles. The average molecular weight is 330 g/mol. The molecule has 3 aromatic rings. The fourth-order valence-electron chi connectivity index (χ4n) is 2.90. The van der Waals surface area contributed by atoms with Gasteiger partial charge in [-0.1, -0.05) is 23.7 Å². The lowest BCUT2D eigenvalue weighted by atomic mass is 9.76. The van der Waals surface area contributed by atoms with E-state index in [-0.39, 0.29) is 0 Å². The van der Waals surface area contributed by atoms with E-state index in [4.69, 9.17) is 25.3 Å². The van der Waals surface area contributed by atoms with Crippen LogP contribution < -0.4 is 5.46 Å². The molecule has 0 bridgehead atoms. The monoisotopic (exact) mass is 329 g/mol. The van der Waals surface area contributed by atoms with Crippen molar-refractivity contribution in [2.45, 2.75) is 38.9 Å². The summed E-state index contributed by atoms with van der Waals surface area (Å²) in [5.41, 5.74) is 1.54. The topological polar surface area (TPSA) is 44.5 Å². The predicted octanol–water partition coefficient (Wildman–Crippen LogP) is 3.93. The highest BCUT2D eigenvalue weighted by molar-refractivity contribution is 6.66. The van der Waals surface area contributed by atoms with Crippen LogP contribution in [0, 0.1) is 0 Å². The number of hydrogen-bond donors (Lipinski definition) is 0. The van der Waals surface area contributed by atoms with Crippen molar-refractivity contribution < 1.29 is 13.7 Å². The van der Waals surface area contributed by atoms with Gasteiger partial charge in [-0.15, -0.1) is 0 Å². The highest BCUT2D eigenvalue weighted by Crippen LogP contribution is 2.38. The van der Waals surface area contributed by atoms with Crippen LogP contribution in [0.2, 0.25) is 5.02 Å². The van der Waals surface area contributed by atoms with E-state index in [2.05, 4.69) is 4.98 Å². The number of hydrogen-bond acceptors (Lipinski definition) is 4. The van der Waals surface area contributed by atoms with Gasteiger partial charge in [-0.05, 0) is 39.2 Å². The maximum atomic E-state index is 6.21. The molecule has 6 heteroatoms. The van der Waals surface area contributed by atoms with Crippen molar-refractivity contribution in [2.75, 3.05) is 0 Å². The molecule has 4 rings (SSSR count). The fraction of sp³-hybridized carbons (Fsp3) is 0.353. The standard InChI is InChI=1S/C17H17BClNO3/c1-16(2)17(3,4)23-18(22-16)11-6-5-7-13-14(11)10-8-20-9-12(19)15(10)21-13/h5-9H,1-4H3. The Morgan fingerprint density at radius 2 is 1.74 bits per heavy atom. The zero-order valence-corrected chi connectivity index (χ0v) is 14.3. The molecule has 2 aromatic heterocycles. The molecule has 0 radical (unpaired) electrons. The van der Waals surface area contributed by atoms with Crippen molar-refractivity contribution in [3.05, 3.63) is 35.6 Å². The Labute approximate surface area is 139 Å². The highest BCUT2D eigenvalue weighted by Gasteiger charge is 2.52. The van der Waals surface area contributed by atoms with Crippen LogP contribution in [-0.4, -0.2) is 23.3 Å². The molecule has 0 aliphatic carbocycles. The first kappa shape index (κ1) is 15.0. The van der Waals surface area contributed by atoms with E-state index in [9.17, 15) is 0 Å². The lowest BCUT2D eigenvalue weighted by Gasteiger charge is -2.32. The maximum Gasteiger partial charge on any atom is 0.495 e. The van der Waals surface area contributed by atoms with Gasteiger partial charge in [0.1, 0.15) is 10.6 Å². The van der Waals surface area contributed by atoms with Crippen LogP contribution in [0.4, 0.5) is 0 Å². The Bertz CT molecular complexity index is 903. The molecule has 3 heterocycles. The molecule has 0 N–H and O–H groups in total. The van der Waals surface area contributed by atoms with Gasteiger partial charge in [-0.2, -0.15) is 0 Å². The van der Waals surface area contributed by atoms with Crippen molar-refractivity contribution in [3.8, 4) is 0 Å². The Balaban J connectivity index is 1.95. The normalized spacial score (nSPS) is 19.8. The number of fused-ring (bicyclic) bond motifs is 3. The van der Waals surface area contributed by atoms with Gasteiger partial charge in [0.15, 0.2) is 5.58 Å². The molecule has 0 atom stereocenters. The molecular formula is C17H17BClNO3. The van der Waals surface area contributed by atoms with Crippen LogP contribution in [0.1, 0.15) is 27.7 Å². The zero-order chi connectivity index (χ0) is 16.4. The number of rotatable bonds is 1. The van der Waals surface area contributed by atoms with Crippen molar-refractivity contribution in [3.63, 3.8) is 0 Å². The van der Waals surface area contributed by atoms with Gasteiger partial charge in [0.05, 0.1) is 11.2 Å². The van der Waals surface area contributed by atoms with Gasteiger partial charge in [0.25, 0.3) is 0 Å². The summed E-state index contributed by atoms with van der Waals surface area (Å²) >= 11 is 6.21. The van der Waals surface area contributed by atoms with E-state index < -0.39 is 18.3 Å². The third-order valence-electron chi connectivity index (χ3n) is 4.90. The zero-order valence-electron chi connectivity index (χ0n) is 13.5. The van der Waals surface area contributed by atoms with Gasteiger partial charge in [-0.25, -0.2) is 0 Å². The van der Waals surface area contributed by atoms with Gasteiger partial charge >= 0.3 is 7.12 Å². The van der Waals surface area contributed by atoms with Crippen LogP contribution in [0.5, 0.6) is 0 Å². The minimum absolute atomic E-state index is 0.394. The summed E-state index contributed by atoms with van der Waals surface area (Å²) < 4.78 is 18.3. The van der Waals surface area contributed by atoms with Gasteiger partial charge in [-0.3, -0.25) is 4.98 Å². The quantitative estimate of drug-likeness (QED) is 0.634. The second kappa shape index (κ2) is 4.73. The lowest BCUT2D eigenvalue weighted by Crippen LogP contribution is -2.41. The highest BCUT2D eigenvalue weighted by atomic mass is 35.5. The number of aromatic nitrogens is 1. The molecule has 1 aliphatic heterocycles. The SMILES string of the molecule is CC1(C)OB(c2cccc3oc4c(Cl)cncc4c23)OC1(C)C. The Hall–Kier alpha value is -1.56. The van der Waals surface area contributed by atoms with E-state index in [1.54, 1.807) is 12.4 Å². The summed E-state index contributed by atoms with van der Waals surface area (Å²) in [5.74, 6) is 0. The Kier molecular flexibility index (Phi) is 3.08. The molecule has 0 unspecified atom stereocenters. The van der Waals surface area contributed by atoms with Crippen LogP contribution in [0.3, 0.4) is 0 Å². The van der Waals surface area contributed by atoms with E-state index in [0.717, 1.165) is 21.8 Å². The molecule has 0 spiro atoms. The van der Waals surface area contributed by atoms with Crippen LogP contribution in [-0.2, 0) is 9.31 Å². The van der Waals surface area contributed by atoms with Gasteiger partial charge in [0, 0.05) is 23.2 Å². The molecule has 1 aliphatic rings. The third-order valence-corrected chi connectivity index (χ3v) is 5.17. The van der Waals surface area contributed by atoms with Gasteiger partial charge < -0.3 is 13.7 Å². The summed E-state index contributed by atoms with van der Waals surface area (Å²) in [6.07, 6.45) is 3.35. The number of benzene rings is 1. The van der Waals surface area contributed by atoms with Crippen LogP contribution in [0.15, 0.2) is 35.0 Å². The summed E-state index contributed by atoms with van der Waals surface area (Å²) in [4.78, 5) is 4.19. The molecule has 23 heavy (non-hydrogen) atoms. The van der Waals surface area contributed by atoms with Crippen LogP contribution in [0.25, 0.3) is 21.9 Å². The molecule has 1 saturated heterocycles. The first-order valence-electron chi connectivity index (χ1n) is 7.60. The summed E-state index contributed by atoms with van der Waals surface area (Å²) in [5, 5.41) is 2.31. The van der Waals surface area contributed by atoms with E-state index in [1.807, 2.05) is 45.9 Å². The summed E-state index contributed by atoms with van der Waals surface area (Å²) in [7, 11) is -0.455. The predicted molar refractivity (Wildman–Crippen MR) is 92.2 cm³/mol. The summed E-state index contributed by atoms with van der Waals surface area (Å²) in [6, 6.07) is 5.85. The minimum Gasteiger partial charge on any atom is -0.454 e. The number of furan rings is 1. The minimum atomic E-state index is -0.455. The average Bonchev–Trinajstić information content (AvgIpc) is 2.95. The van der Waals surface area contributed by atoms with E-state index in [0.29, 0.717) is 10.6 Å². The van der Waals surface area contributed by atoms with Crippen molar-refractivity contribution in [2.24, 2.45) is 0 Å². The van der Waals surface area contributed by atoms with E-state index >= 15 is 0 Å². The number of pyridine rings is 1. The third kappa shape index (κ3) is 2.11. The van der Waals surface area contributed by atoms with Crippen LogP contribution >= 0.6 is 11.6 Å². The summed E-state index contributed by atoms with van der Waals surface area (Å²) in [6.45, 7) is 8.16. The first-order valence-corrected chi connectivity index (χ1v) is 7.98. The van der Waals surface area contributed by atoms with Crippen molar-refractivity contribution >= 4 is 46.1 Å². The molecule has 0 amide bonds. The molecule has 1 aromatic carbocycles. The van der Waals surface area contributed by atoms with Crippen molar-refractivity contribution in [1.82, 2.24) is 4.98 Å². The smallest absolute Gasteiger partial charge is 0.454 e. The number of nitrogens with zero attached hydrogens (tertiary/aromatic N) is 1. The molecular weight excluding hydrogens is 312 g/mol. The lowest BCUT2D eigenvalue weighted by molar-refractivity contribution is 0.00578. The largest absolute Gasteiger partial charge is 0.495 e.